The summed E-state index contributed by atoms with van der Waals surface area (Å²) in [4.78, 5) is 14.6. The van der Waals surface area contributed by atoms with E-state index in [0.717, 1.165) is 48.5 Å². The first-order chi connectivity index (χ1) is 12.7. The third-order valence-electron chi connectivity index (χ3n) is 4.15. The maximum absolute atomic E-state index is 12.2. The van der Waals surface area contributed by atoms with Gasteiger partial charge < -0.3 is 10.6 Å². The Bertz CT molecular complexity index is 694. The van der Waals surface area contributed by atoms with Gasteiger partial charge in [0.1, 0.15) is 0 Å². The van der Waals surface area contributed by atoms with Gasteiger partial charge in [0.15, 0.2) is 4.34 Å². The van der Waals surface area contributed by atoms with Crippen molar-refractivity contribution in [3.63, 3.8) is 0 Å². The van der Waals surface area contributed by atoms with E-state index < -0.39 is 0 Å². The summed E-state index contributed by atoms with van der Waals surface area (Å²) in [7, 11) is 0. The Morgan fingerprint density at radius 3 is 3.00 bits per heavy atom. The van der Waals surface area contributed by atoms with Crippen LogP contribution in [0.3, 0.4) is 0 Å². The number of thioether (sulfide) groups is 1. The molecule has 1 unspecified atom stereocenters. The molecule has 6 nitrogen and oxygen atoms in total. The van der Waals surface area contributed by atoms with E-state index in [4.69, 9.17) is 0 Å². The van der Waals surface area contributed by atoms with E-state index in [9.17, 15) is 4.79 Å². The molecule has 1 aliphatic rings. The number of nitrogens with zero attached hydrogens (tertiary/aromatic N) is 3. The van der Waals surface area contributed by atoms with E-state index >= 15 is 0 Å². The van der Waals surface area contributed by atoms with Gasteiger partial charge >= 0.3 is 0 Å². The molecule has 2 aromatic rings. The average Bonchev–Trinajstić information content (AvgIpc) is 3.28. The number of carbonyl (C=O) groups is 1. The van der Waals surface area contributed by atoms with Gasteiger partial charge in [0.05, 0.1) is 5.75 Å². The molecule has 8 heteroatoms. The van der Waals surface area contributed by atoms with Gasteiger partial charge in [0, 0.05) is 32.2 Å². The van der Waals surface area contributed by atoms with Crippen molar-refractivity contribution in [1.29, 1.82) is 0 Å². The number of aromatic nitrogens is 2. The Balaban J connectivity index is 1.36. The van der Waals surface area contributed by atoms with E-state index in [1.54, 1.807) is 0 Å². The van der Waals surface area contributed by atoms with Gasteiger partial charge in [0.2, 0.25) is 11.0 Å². The summed E-state index contributed by atoms with van der Waals surface area (Å²) in [5.41, 5.74) is 1.32. The van der Waals surface area contributed by atoms with E-state index in [2.05, 4.69) is 56.9 Å². The Morgan fingerprint density at radius 1 is 1.35 bits per heavy atom. The van der Waals surface area contributed by atoms with Crippen LogP contribution in [0.25, 0.3) is 0 Å². The number of anilines is 1. The first kappa shape index (κ1) is 19.1. The summed E-state index contributed by atoms with van der Waals surface area (Å²) in [5.74, 6) is 0.456. The van der Waals surface area contributed by atoms with Gasteiger partial charge in [0.25, 0.3) is 0 Å². The second-order valence-corrected chi connectivity index (χ2v) is 8.56. The second kappa shape index (κ2) is 9.89. The molecular formula is C18H25N5OS2. The molecule has 2 N–H and O–H groups in total. The van der Waals surface area contributed by atoms with Crippen LogP contribution in [0.2, 0.25) is 0 Å². The molecule has 0 saturated carbocycles. The molecule has 1 aliphatic heterocycles. The fourth-order valence-electron chi connectivity index (χ4n) is 2.90. The number of hydrogen-bond donors (Lipinski definition) is 2. The fraction of sp³-hybridized carbons (Fsp3) is 0.500. The highest BCUT2D eigenvalue weighted by atomic mass is 32.2. The Hall–Kier alpha value is -1.64. The number of amides is 1. The molecule has 1 aromatic carbocycles. The maximum atomic E-state index is 12.2. The molecule has 0 bridgehead atoms. The summed E-state index contributed by atoms with van der Waals surface area (Å²) in [5, 5.41) is 15.4. The minimum Gasteiger partial charge on any atom is -0.360 e. The van der Waals surface area contributed by atoms with E-state index in [1.165, 1.54) is 28.7 Å². The van der Waals surface area contributed by atoms with Crippen LogP contribution in [0.5, 0.6) is 0 Å². The smallest absolute Gasteiger partial charge is 0.230 e. The van der Waals surface area contributed by atoms with Crippen LogP contribution in [0.15, 0.2) is 34.7 Å². The summed E-state index contributed by atoms with van der Waals surface area (Å²) in [6, 6.07) is 10.7. The van der Waals surface area contributed by atoms with Crippen LogP contribution in [0.4, 0.5) is 5.13 Å². The van der Waals surface area contributed by atoms with Crippen LogP contribution in [0, 0.1) is 0 Å². The number of hydrogen-bond acceptors (Lipinski definition) is 7. The van der Waals surface area contributed by atoms with Crippen molar-refractivity contribution >= 4 is 34.1 Å². The molecule has 0 radical (unpaired) electrons. The van der Waals surface area contributed by atoms with Crippen molar-refractivity contribution in [3.05, 3.63) is 35.9 Å². The predicted octanol–water partition coefficient (Wildman–Crippen LogP) is 2.84. The zero-order valence-electron chi connectivity index (χ0n) is 15.0. The first-order valence-corrected chi connectivity index (χ1v) is 10.8. The summed E-state index contributed by atoms with van der Waals surface area (Å²) < 4.78 is 0.830. The third kappa shape index (κ3) is 5.96. The van der Waals surface area contributed by atoms with Crippen molar-refractivity contribution in [3.8, 4) is 0 Å². The molecule has 1 fully saturated rings. The minimum atomic E-state index is 0.0693. The maximum Gasteiger partial charge on any atom is 0.230 e. The van der Waals surface area contributed by atoms with Crippen LogP contribution in [0.1, 0.15) is 25.3 Å². The summed E-state index contributed by atoms with van der Waals surface area (Å²) in [6.07, 6.45) is 2.06. The molecule has 26 heavy (non-hydrogen) atoms. The molecular weight excluding hydrogens is 366 g/mol. The molecule has 0 spiro atoms. The molecule has 1 atom stereocenters. The minimum absolute atomic E-state index is 0.0693. The van der Waals surface area contributed by atoms with Crippen molar-refractivity contribution in [2.75, 3.05) is 30.7 Å². The molecule has 2 heterocycles. The number of nitrogens with one attached hydrogen (secondary N) is 2. The predicted molar refractivity (Wildman–Crippen MR) is 108 cm³/mol. The number of likely N-dealkylation sites (tertiary alicyclic amines) is 1. The van der Waals surface area contributed by atoms with E-state index in [-0.39, 0.29) is 11.9 Å². The lowest BCUT2D eigenvalue weighted by molar-refractivity contribution is -0.119. The standard InChI is InChI=1S/C18H25N5OS2/c1-2-9-19-17-21-22-18(26-17)25-13-16(24)20-15-8-10-23(12-15)11-14-6-4-3-5-7-14/h3-7,15H,2,8-13H2,1H3,(H,19,21)(H,20,24). The van der Waals surface area contributed by atoms with Crippen LogP contribution >= 0.6 is 23.1 Å². The van der Waals surface area contributed by atoms with Gasteiger partial charge in [-0.05, 0) is 18.4 Å². The van der Waals surface area contributed by atoms with Crippen molar-refractivity contribution < 1.29 is 4.79 Å². The normalized spacial score (nSPS) is 17.3. The largest absolute Gasteiger partial charge is 0.360 e. The van der Waals surface area contributed by atoms with Crippen molar-refractivity contribution in [1.82, 2.24) is 20.4 Å². The molecule has 0 aliphatic carbocycles. The van der Waals surface area contributed by atoms with Gasteiger partial charge in [-0.1, -0.05) is 60.4 Å². The highest BCUT2D eigenvalue weighted by Gasteiger charge is 2.23. The van der Waals surface area contributed by atoms with Gasteiger partial charge in [-0.2, -0.15) is 0 Å². The summed E-state index contributed by atoms with van der Waals surface area (Å²) >= 11 is 2.95. The van der Waals surface area contributed by atoms with Gasteiger partial charge in [-0.3, -0.25) is 9.69 Å². The Kier molecular flexibility index (Phi) is 7.28. The monoisotopic (exact) mass is 391 g/mol. The number of carbonyl (C=O) groups excluding carboxylic acids is 1. The second-order valence-electron chi connectivity index (χ2n) is 6.36. The molecule has 1 saturated heterocycles. The van der Waals surface area contributed by atoms with Crippen LogP contribution < -0.4 is 10.6 Å². The molecule has 140 valence electrons. The van der Waals surface area contributed by atoms with Crippen molar-refractivity contribution in [2.45, 2.75) is 36.7 Å². The Labute approximate surface area is 162 Å². The Morgan fingerprint density at radius 2 is 2.19 bits per heavy atom. The third-order valence-corrected chi connectivity index (χ3v) is 6.16. The first-order valence-electron chi connectivity index (χ1n) is 8.98. The number of benzene rings is 1. The molecule has 3 rings (SSSR count). The number of rotatable bonds is 9. The highest BCUT2D eigenvalue weighted by molar-refractivity contribution is 8.01. The molecule has 1 amide bonds. The quantitative estimate of drug-likeness (QED) is 0.641. The zero-order chi connectivity index (χ0) is 18.2. The van der Waals surface area contributed by atoms with E-state index in [0.29, 0.717) is 5.75 Å². The highest BCUT2D eigenvalue weighted by Crippen LogP contribution is 2.25. The van der Waals surface area contributed by atoms with Crippen LogP contribution in [-0.4, -0.2) is 52.4 Å². The lowest BCUT2D eigenvalue weighted by Crippen LogP contribution is -2.37. The average molecular weight is 392 g/mol. The fourth-order valence-corrected chi connectivity index (χ4v) is 4.49. The van der Waals surface area contributed by atoms with Crippen molar-refractivity contribution in [2.24, 2.45) is 0 Å². The van der Waals surface area contributed by atoms with Gasteiger partial charge in [-0.25, -0.2) is 0 Å². The molecule has 1 aromatic heterocycles. The summed E-state index contributed by atoms with van der Waals surface area (Å²) in [6.45, 7) is 5.88. The van der Waals surface area contributed by atoms with E-state index in [1.807, 2.05) is 6.07 Å². The topological polar surface area (TPSA) is 70.1 Å². The zero-order valence-corrected chi connectivity index (χ0v) is 16.6. The lowest BCUT2D eigenvalue weighted by Gasteiger charge is -2.16. The van der Waals surface area contributed by atoms with Gasteiger partial charge in [-0.15, -0.1) is 10.2 Å². The SMILES string of the molecule is CCCNc1nnc(SCC(=O)NC2CCN(Cc3ccccc3)C2)s1. The lowest BCUT2D eigenvalue weighted by atomic mass is 10.2. The van der Waals surface area contributed by atoms with Crippen LogP contribution in [-0.2, 0) is 11.3 Å².